The Morgan fingerprint density at radius 3 is 2.46 bits per heavy atom. The number of imide groups is 1. The van der Waals surface area contributed by atoms with Crippen LogP contribution in [0.2, 0.25) is 0 Å². The van der Waals surface area contributed by atoms with E-state index in [0.717, 1.165) is 16.0 Å². The average molecular weight is 386 g/mol. The maximum Gasteiger partial charge on any atom is 0.321 e. The van der Waals surface area contributed by atoms with Gasteiger partial charge >= 0.3 is 6.03 Å². The third kappa shape index (κ3) is 6.92. The van der Waals surface area contributed by atoms with Crippen molar-refractivity contribution in [3.63, 3.8) is 0 Å². The summed E-state index contributed by atoms with van der Waals surface area (Å²) >= 11 is 0. The minimum atomic E-state index is -0.470. The fourth-order valence-electron chi connectivity index (χ4n) is 2.74. The number of urea groups is 1. The van der Waals surface area contributed by atoms with Crippen molar-refractivity contribution in [1.82, 2.24) is 10.6 Å². The van der Waals surface area contributed by atoms with Gasteiger partial charge in [0.25, 0.3) is 5.91 Å². The van der Waals surface area contributed by atoms with Gasteiger partial charge in [-0.3, -0.25) is 10.1 Å². The summed E-state index contributed by atoms with van der Waals surface area (Å²) < 4.78 is 11.3. The number of nitrogens with one attached hydrogen (secondary N) is 3. The molecule has 7 heteroatoms. The molecule has 3 amide bonds. The monoisotopic (exact) mass is 386 g/mol. The van der Waals surface area contributed by atoms with E-state index < -0.39 is 6.03 Å². The number of ether oxygens (including phenoxy) is 2. The Balaban J connectivity index is 1.91. The summed E-state index contributed by atoms with van der Waals surface area (Å²) in [5.74, 6) is 0.993. The molecule has 28 heavy (non-hydrogen) atoms. The highest BCUT2D eigenvalue weighted by Crippen LogP contribution is 2.28. The summed E-state index contributed by atoms with van der Waals surface area (Å²) in [5, 5.41) is 4.84. The third-order valence-corrected chi connectivity index (χ3v) is 4.02. The summed E-state index contributed by atoms with van der Waals surface area (Å²) in [6.07, 6.45) is 0. The zero-order valence-corrected chi connectivity index (χ0v) is 16.6. The zero-order valence-electron chi connectivity index (χ0n) is 16.6. The normalized spacial score (nSPS) is 11.4. The van der Waals surface area contributed by atoms with E-state index in [1.165, 1.54) is 0 Å². The number of benzene rings is 2. The predicted octanol–water partition coefficient (Wildman–Crippen LogP) is 1.13. The lowest BCUT2D eigenvalue weighted by Gasteiger charge is -2.16. The summed E-state index contributed by atoms with van der Waals surface area (Å²) in [5.41, 5.74) is 2.09. The highest BCUT2D eigenvalue weighted by Gasteiger charge is 2.14. The highest BCUT2D eigenvalue weighted by molar-refractivity contribution is 5.94. The second-order valence-electron chi connectivity index (χ2n) is 6.48. The second kappa shape index (κ2) is 10.9. The van der Waals surface area contributed by atoms with Gasteiger partial charge in [0.15, 0.2) is 18.0 Å². The maximum atomic E-state index is 11.9. The largest absolute Gasteiger partial charge is 0.493 e. The number of quaternary nitrogens is 1. The van der Waals surface area contributed by atoms with Crippen LogP contribution in [0.5, 0.6) is 11.5 Å². The van der Waals surface area contributed by atoms with Crippen molar-refractivity contribution in [2.75, 3.05) is 27.2 Å². The van der Waals surface area contributed by atoms with E-state index in [2.05, 4.69) is 10.6 Å². The molecule has 2 rings (SSSR count). The standard InChI is InChI=1S/C21H27N3O4/c1-4-22-21(26)23-20(25)14-24(2)13-17-10-11-18(19(12-17)27-3)28-15-16-8-6-5-7-9-16/h5-12H,4,13-15H2,1-3H3,(H2,22,23,25,26)/p+1. The molecule has 0 spiro atoms. The van der Waals surface area contributed by atoms with E-state index in [4.69, 9.17) is 9.47 Å². The number of rotatable bonds is 9. The van der Waals surface area contributed by atoms with Crippen molar-refractivity contribution < 1.29 is 24.0 Å². The van der Waals surface area contributed by atoms with Gasteiger partial charge in [0.2, 0.25) is 0 Å². The lowest BCUT2D eigenvalue weighted by atomic mass is 10.2. The smallest absolute Gasteiger partial charge is 0.321 e. The first-order chi connectivity index (χ1) is 13.5. The summed E-state index contributed by atoms with van der Waals surface area (Å²) in [6.45, 7) is 3.52. The fraction of sp³-hybridized carbons (Fsp3) is 0.333. The SMILES string of the molecule is CCNC(=O)NC(=O)C[NH+](C)Cc1ccc(OCc2ccccc2)c(OC)c1. The number of hydrogen-bond acceptors (Lipinski definition) is 4. The first-order valence-corrected chi connectivity index (χ1v) is 9.24. The van der Waals surface area contributed by atoms with E-state index in [1.807, 2.05) is 55.6 Å². The van der Waals surface area contributed by atoms with Gasteiger partial charge < -0.3 is 19.7 Å². The molecule has 0 aliphatic heterocycles. The van der Waals surface area contributed by atoms with E-state index >= 15 is 0 Å². The van der Waals surface area contributed by atoms with Crippen molar-refractivity contribution in [2.45, 2.75) is 20.1 Å². The average Bonchev–Trinajstić information content (AvgIpc) is 2.67. The molecule has 2 aromatic rings. The van der Waals surface area contributed by atoms with Crippen molar-refractivity contribution in [3.05, 3.63) is 59.7 Å². The first-order valence-electron chi connectivity index (χ1n) is 9.24. The summed E-state index contributed by atoms with van der Waals surface area (Å²) in [7, 11) is 3.49. The lowest BCUT2D eigenvalue weighted by Crippen LogP contribution is -3.09. The molecular weight excluding hydrogens is 358 g/mol. The van der Waals surface area contributed by atoms with Crippen molar-refractivity contribution in [2.24, 2.45) is 0 Å². The molecule has 0 radical (unpaired) electrons. The molecule has 3 N–H and O–H groups in total. The van der Waals surface area contributed by atoms with Crippen LogP contribution < -0.4 is 25.0 Å². The molecule has 0 aromatic heterocycles. The van der Waals surface area contributed by atoms with Crippen LogP contribution in [-0.2, 0) is 17.9 Å². The Morgan fingerprint density at radius 1 is 1.04 bits per heavy atom. The lowest BCUT2D eigenvalue weighted by molar-refractivity contribution is -0.885. The van der Waals surface area contributed by atoms with Gasteiger partial charge in [-0.2, -0.15) is 0 Å². The fourth-order valence-corrected chi connectivity index (χ4v) is 2.74. The number of likely N-dealkylation sites (N-methyl/N-ethyl adjacent to an activating group) is 1. The Hall–Kier alpha value is -3.06. The molecular formula is C21H28N3O4+. The molecule has 1 atom stereocenters. The van der Waals surface area contributed by atoms with E-state index in [1.54, 1.807) is 14.0 Å². The minimum absolute atomic E-state index is 0.186. The van der Waals surface area contributed by atoms with Crippen LogP contribution in [0.25, 0.3) is 0 Å². The number of methoxy groups -OCH3 is 1. The maximum absolute atomic E-state index is 11.9. The summed E-state index contributed by atoms with van der Waals surface area (Å²) in [4.78, 5) is 24.2. The summed E-state index contributed by atoms with van der Waals surface area (Å²) in [6, 6.07) is 15.2. The van der Waals surface area contributed by atoms with Gasteiger partial charge in [-0.15, -0.1) is 0 Å². The number of carbonyl (C=O) groups excluding carboxylic acids is 2. The molecule has 0 aliphatic rings. The Morgan fingerprint density at radius 2 is 1.79 bits per heavy atom. The van der Waals surface area contributed by atoms with Crippen LogP contribution >= 0.6 is 0 Å². The quantitative estimate of drug-likeness (QED) is 0.604. The molecule has 2 aromatic carbocycles. The Labute approximate surface area is 165 Å². The van der Waals surface area contributed by atoms with E-state index in [9.17, 15) is 9.59 Å². The van der Waals surface area contributed by atoms with E-state index in [-0.39, 0.29) is 12.5 Å². The van der Waals surface area contributed by atoms with Crippen molar-refractivity contribution in [1.29, 1.82) is 0 Å². The number of hydrogen-bond donors (Lipinski definition) is 3. The van der Waals surface area contributed by atoms with E-state index in [0.29, 0.717) is 31.2 Å². The third-order valence-electron chi connectivity index (χ3n) is 4.02. The first kappa shape index (κ1) is 21.2. The van der Waals surface area contributed by atoms with Crippen molar-refractivity contribution in [3.8, 4) is 11.5 Å². The highest BCUT2D eigenvalue weighted by atomic mass is 16.5. The number of amides is 3. The Bertz CT molecular complexity index is 780. The van der Waals surface area contributed by atoms with Gasteiger partial charge in [-0.1, -0.05) is 30.3 Å². The molecule has 150 valence electrons. The van der Waals surface area contributed by atoms with Crippen LogP contribution in [0.3, 0.4) is 0 Å². The second-order valence-corrected chi connectivity index (χ2v) is 6.48. The van der Waals surface area contributed by atoms with Gasteiger partial charge in [0, 0.05) is 12.1 Å². The number of carbonyl (C=O) groups is 2. The molecule has 0 heterocycles. The van der Waals surface area contributed by atoms with Crippen LogP contribution in [0.15, 0.2) is 48.5 Å². The minimum Gasteiger partial charge on any atom is -0.493 e. The van der Waals surface area contributed by atoms with Gasteiger partial charge in [-0.25, -0.2) is 4.79 Å². The molecule has 0 saturated heterocycles. The predicted molar refractivity (Wildman–Crippen MR) is 106 cm³/mol. The van der Waals surface area contributed by atoms with Crippen LogP contribution in [-0.4, -0.2) is 39.2 Å². The van der Waals surface area contributed by atoms with Crippen molar-refractivity contribution >= 4 is 11.9 Å². The molecule has 7 nitrogen and oxygen atoms in total. The van der Waals surface area contributed by atoms with Gasteiger partial charge in [0.1, 0.15) is 13.2 Å². The van der Waals surface area contributed by atoms with Crippen LogP contribution in [0.4, 0.5) is 4.79 Å². The molecule has 0 saturated carbocycles. The molecule has 0 aliphatic carbocycles. The Kier molecular flexibility index (Phi) is 8.30. The zero-order chi connectivity index (χ0) is 20.4. The van der Waals surface area contributed by atoms with Gasteiger partial charge in [0.05, 0.1) is 14.2 Å². The molecule has 0 fully saturated rings. The topological polar surface area (TPSA) is 81.1 Å². The van der Waals surface area contributed by atoms with Crippen LogP contribution in [0, 0.1) is 0 Å². The molecule has 0 bridgehead atoms. The van der Waals surface area contributed by atoms with Gasteiger partial charge in [-0.05, 0) is 30.7 Å². The van der Waals surface area contributed by atoms with Crippen LogP contribution in [0.1, 0.15) is 18.1 Å². The molecule has 1 unspecified atom stereocenters.